The number of hydrogen-bond acceptors (Lipinski definition) is 3. The van der Waals surface area contributed by atoms with E-state index in [1.165, 1.54) is 45.3 Å². The predicted molar refractivity (Wildman–Crippen MR) is 75.5 cm³/mol. The molecule has 0 amide bonds. The molecular weight excluding hydrogens is 210 g/mol. The van der Waals surface area contributed by atoms with Crippen molar-refractivity contribution in [2.75, 3.05) is 40.3 Å². The highest BCUT2D eigenvalue weighted by atomic mass is 15.2. The van der Waals surface area contributed by atoms with Gasteiger partial charge in [-0.25, -0.2) is 0 Å². The molecule has 0 aromatic rings. The maximum atomic E-state index is 3.56. The van der Waals surface area contributed by atoms with E-state index < -0.39 is 0 Å². The molecule has 1 rings (SSSR count). The van der Waals surface area contributed by atoms with Crippen LogP contribution in [0, 0.1) is 0 Å². The Balaban J connectivity index is 2.11. The molecule has 17 heavy (non-hydrogen) atoms. The number of hydrogen-bond donors (Lipinski definition) is 1. The molecule has 0 aromatic carbocycles. The van der Waals surface area contributed by atoms with Crippen LogP contribution in [0.4, 0.5) is 0 Å². The van der Waals surface area contributed by atoms with E-state index in [1.807, 2.05) is 0 Å². The number of nitrogens with one attached hydrogen (secondary N) is 1. The summed E-state index contributed by atoms with van der Waals surface area (Å²) in [4.78, 5) is 5.00. The second kappa shape index (κ2) is 8.06. The predicted octanol–water partition coefficient (Wildman–Crippen LogP) is 1.79. The van der Waals surface area contributed by atoms with Crippen molar-refractivity contribution < 1.29 is 0 Å². The van der Waals surface area contributed by atoms with Crippen molar-refractivity contribution in [2.24, 2.45) is 0 Å². The van der Waals surface area contributed by atoms with Gasteiger partial charge in [0.25, 0.3) is 0 Å². The van der Waals surface area contributed by atoms with Gasteiger partial charge in [-0.1, -0.05) is 13.8 Å². The smallest absolute Gasteiger partial charge is 0.0229 e. The summed E-state index contributed by atoms with van der Waals surface area (Å²) in [7, 11) is 4.40. The lowest BCUT2D eigenvalue weighted by Crippen LogP contribution is -2.33. The Hall–Kier alpha value is -0.120. The second-order valence-electron chi connectivity index (χ2n) is 5.51. The molecule has 3 heteroatoms. The van der Waals surface area contributed by atoms with Gasteiger partial charge < -0.3 is 15.1 Å². The first-order valence-corrected chi connectivity index (χ1v) is 7.29. The molecule has 0 aromatic heterocycles. The molecule has 0 spiro atoms. The van der Waals surface area contributed by atoms with Crippen LogP contribution in [-0.2, 0) is 0 Å². The Bertz CT molecular complexity index is 194. The van der Waals surface area contributed by atoms with Crippen molar-refractivity contribution in [3.8, 4) is 0 Å². The van der Waals surface area contributed by atoms with Crippen molar-refractivity contribution >= 4 is 0 Å². The first-order valence-electron chi connectivity index (χ1n) is 7.29. The Morgan fingerprint density at radius 1 is 1.35 bits per heavy atom. The van der Waals surface area contributed by atoms with Crippen LogP contribution in [0.1, 0.15) is 39.5 Å². The molecule has 0 bridgehead atoms. The van der Waals surface area contributed by atoms with Gasteiger partial charge in [-0.2, -0.15) is 0 Å². The summed E-state index contributed by atoms with van der Waals surface area (Å²) < 4.78 is 0. The topological polar surface area (TPSA) is 18.5 Å². The largest absolute Gasteiger partial charge is 0.314 e. The molecule has 0 radical (unpaired) electrons. The summed E-state index contributed by atoms with van der Waals surface area (Å²) in [6, 6.07) is 1.51. The molecule has 1 fully saturated rings. The van der Waals surface area contributed by atoms with Gasteiger partial charge in [-0.3, -0.25) is 0 Å². The lowest BCUT2D eigenvalue weighted by molar-refractivity contribution is 0.263. The van der Waals surface area contributed by atoms with Gasteiger partial charge in [-0.15, -0.1) is 0 Å². The van der Waals surface area contributed by atoms with Crippen molar-refractivity contribution in [1.82, 2.24) is 15.1 Å². The zero-order valence-corrected chi connectivity index (χ0v) is 12.2. The quantitative estimate of drug-likeness (QED) is 0.699. The van der Waals surface area contributed by atoms with Crippen molar-refractivity contribution in [1.29, 1.82) is 0 Å². The number of likely N-dealkylation sites (N-methyl/N-ethyl adjacent to an activating group) is 1. The lowest BCUT2D eigenvalue weighted by atomic mass is 10.1. The average Bonchev–Trinajstić information content (AvgIpc) is 2.77. The third kappa shape index (κ3) is 5.36. The molecule has 1 N–H and O–H groups in total. The standard InChI is InChI=1S/C14H31N3/c1-5-13(15-6-2)8-7-10-17-11-9-14(12-17)16(3)4/h13-15H,5-12H2,1-4H3. The van der Waals surface area contributed by atoms with Gasteiger partial charge in [0.2, 0.25) is 0 Å². The molecule has 0 aliphatic carbocycles. The van der Waals surface area contributed by atoms with Gasteiger partial charge in [0.15, 0.2) is 0 Å². The normalized spacial score (nSPS) is 23.5. The third-order valence-corrected chi connectivity index (χ3v) is 3.99. The van der Waals surface area contributed by atoms with Crippen LogP contribution in [0.3, 0.4) is 0 Å². The molecular formula is C14H31N3. The van der Waals surface area contributed by atoms with Gasteiger partial charge in [0, 0.05) is 18.6 Å². The first-order chi connectivity index (χ1) is 8.17. The Labute approximate surface area is 108 Å². The van der Waals surface area contributed by atoms with E-state index in [1.54, 1.807) is 0 Å². The molecule has 2 atom stereocenters. The second-order valence-corrected chi connectivity index (χ2v) is 5.51. The molecule has 0 saturated carbocycles. The number of rotatable bonds is 8. The fourth-order valence-corrected chi connectivity index (χ4v) is 2.74. The van der Waals surface area contributed by atoms with Crippen molar-refractivity contribution in [2.45, 2.75) is 51.6 Å². The maximum absolute atomic E-state index is 3.56. The van der Waals surface area contributed by atoms with E-state index in [4.69, 9.17) is 0 Å². The monoisotopic (exact) mass is 241 g/mol. The lowest BCUT2D eigenvalue weighted by Gasteiger charge is -2.21. The van der Waals surface area contributed by atoms with Gasteiger partial charge in [0.1, 0.15) is 0 Å². The summed E-state index contributed by atoms with van der Waals surface area (Å²) in [5, 5.41) is 3.56. The molecule has 1 heterocycles. The highest BCUT2D eigenvalue weighted by Crippen LogP contribution is 2.14. The summed E-state index contributed by atoms with van der Waals surface area (Å²) in [6.07, 6.45) is 5.27. The minimum Gasteiger partial charge on any atom is -0.314 e. The van der Waals surface area contributed by atoms with Crippen molar-refractivity contribution in [3.63, 3.8) is 0 Å². The summed E-state index contributed by atoms with van der Waals surface area (Å²) in [5.41, 5.74) is 0. The highest BCUT2D eigenvalue weighted by Gasteiger charge is 2.23. The summed E-state index contributed by atoms with van der Waals surface area (Å²) >= 11 is 0. The SMILES string of the molecule is CCNC(CC)CCCN1CCC(N(C)C)C1. The molecule has 1 aliphatic rings. The van der Waals surface area contributed by atoms with Gasteiger partial charge in [-0.05, 0) is 59.4 Å². The third-order valence-electron chi connectivity index (χ3n) is 3.99. The fourth-order valence-electron chi connectivity index (χ4n) is 2.74. The molecule has 3 nitrogen and oxygen atoms in total. The van der Waals surface area contributed by atoms with E-state index >= 15 is 0 Å². The molecule has 2 unspecified atom stereocenters. The zero-order valence-electron chi connectivity index (χ0n) is 12.2. The molecule has 1 saturated heterocycles. The van der Waals surface area contributed by atoms with Crippen LogP contribution in [-0.4, -0.2) is 62.2 Å². The van der Waals surface area contributed by atoms with Crippen LogP contribution >= 0.6 is 0 Å². The van der Waals surface area contributed by atoms with Gasteiger partial charge >= 0.3 is 0 Å². The Morgan fingerprint density at radius 2 is 2.12 bits per heavy atom. The minimum absolute atomic E-state index is 0.729. The first kappa shape index (κ1) is 14.9. The fraction of sp³-hybridized carbons (Fsp3) is 1.00. The highest BCUT2D eigenvalue weighted by molar-refractivity contribution is 4.80. The van der Waals surface area contributed by atoms with E-state index in [0.29, 0.717) is 0 Å². The van der Waals surface area contributed by atoms with E-state index in [-0.39, 0.29) is 0 Å². The van der Waals surface area contributed by atoms with E-state index in [2.05, 4.69) is 43.1 Å². The number of likely N-dealkylation sites (tertiary alicyclic amines) is 1. The number of nitrogens with zero attached hydrogens (tertiary/aromatic N) is 2. The Morgan fingerprint density at radius 3 is 2.65 bits per heavy atom. The van der Waals surface area contributed by atoms with Crippen LogP contribution in [0.15, 0.2) is 0 Å². The zero-order chi connectivity index (χ0) is 12.7. The van der Waals surface area contributed by atoms with E-state index in [0.717, 1.165) is 18.6 Å². The van der Waals surface area contributed by atoms with Crippen LogP contribution in [0.2, 0.25) is 0 Å². The van der Waals surface area contributed by atoms with Crippen LogP contribution in [0.25, 0.3) is 0 Å². The Kier molecular flexibility index (Phi) is 7.09. The summed E-state index contributed by atoms with van der Waals surface area (Å²) in [5.74, 6) is 0. The minimum atomic E-state index is 0.729. The molecule has 1 aliphatic heterocycles. The van der Waals surface area contributed by atoms with Crippen LogP contribution < -0.4 is 5.32 Å². The molecule has 102 valence electrons. The maximum Gasteiger partial charge on any atom is 0.0229 e. The van der Waals surface area contributed by atoms with Gasteiger partial charge in [0.05, 0.1) is 0 Å². The van der Waals surface area contributed by atoms with Crippen LogP contribution in [0.5, 0.6) is 0 Å². The summed E-state index contributed by atoms with van der Waals surface area (Å²) in [6.45, 7) is 9.43. The van der Waals surface area contributed by atoms with E-state index in [9.17, 15) is 0 Å². The average molecular weight is 241 g/mol. The van der Waals surface area contributed by atoms with Crippen molar-refractivity contribution in [3.05, 3.63) is 0 Å².